The van der Waals surface area contributed by atoms with E-state index in [1.165, 1.54) is 0 Å². The summed E-state index contributed by atoms with van der Waals surface area (Å²) < 4.78 is 5.48. The first-order valence-corrected chi connectivity index (χ1v) is 7.30. The molecule has 1 heterocycles. The number of carboxylic acid groups (broad SMARTS) is 1. The quantitative estimate of drug-likeness (QED) is 0.819. The first kappa shape index (κ1) is 15.1. The minimum absolute atomic E-state index is 0.0373. The number of rotatable bonds is 4. The number of hydrogen-bond donors (Lipinski definition) is 2. The summed E-state index contributed by atoms with van der Waals surface area (Å²) in [5.41, 5.74) is -0.182. The largest absolute Gasteiger partial charge is 0.481 e. The predicted octanol–water partition coefficient (Wildman–Crippen LogP) is 1.45. The molecule has 0 bridgehead atoms. The van der Waals surface area contributed by atoms with Gasteiger partial charge in [0.1, 0.15) is 0 Å². The molecule has 2 atom stereocenters. The van der Waals surface area contributed by atoms with Crippen molar-refractivity contribution in [3.63, 3.8) is 0 Å². The highest BCUT2D eigenvalue weighted by Gasteiger charge is 2.38. The summed E-state index contributed by atoms with van der Waals surface area (Å²) in [5, 5.41) is 12.0. The highest BCUT2D eigenvalue weighted by atomic mass is 16.5. The molecule has 0 aromatic heterocycles. The zero-order valence-electron chi connectivity index (χ0n) is 12.2. The first-order chi connectivity index (χ1) is 9.47. The smallest absolute Gasteiger partial charge is 0.317 e. The van der Waals surface area contributed by atoms with Gasteiger partial charge < -0.3 is 20.1 Å². The van der Waals surface area contributed by atoms with E-state index in [2.05, 4.69) is 5.32 Å². The Morgan fingerprint density at radius 1 is 1.45 bits per heavy atom. The van der Waals surface area contributed by atoms with Crippen LogP contribution in [0.5, 0.6) is 0 Å². The lowest BCUT2D eigenvalue weighted by Crippen LogP contribution is -2.55. The molecule has 2 N–H and O–H groups in total. The van der Waals surface area contributed by atoms with Crippen molar-refractivity contribution >= 4 is 12.0 Å². The molecule has 1 aliphatic carbocycles. The average Bonchev–Trinajstić information content (AvgIpc) is 2.37. The Labute approximate surface area is 119 Å². The van der Waals surface area contributed by atoms with E-state index >= 15 is 0 Å². The van der Waals surface area contributed by atoms with Crippen molar-refractivity contribution in [2.75, 3.05) is 20.2 Å². The fraction of sp³-hybridized carbons (Fsp3) is 0.857. The number of amides is 2. The van der Waals surface area contributed by atoms with Gasteiger partial charge in [0, 0.05) is 26.2 Å². The van der Waals surface area contributed by atoms with Gasteiger partial charge in [-0.05, 0) is 39.0 Å². The van der Waals surface area contributed by atoms with Gasteiger partial charge in [0.2, 0.25) is 0 Å². The second kappa shape index (κ2) is 5.99. The molecule has 0 radical (unpaired) electrons. The minimum atomic E-state index is -0.760. The number of hydrogen-bond acceptors (Lipinski definition) is 3. The fourth-order valence-electron chi connectivity index (χ4n) is 3.06. The molecule has 1 aliphatic heterocycles. The molecule has 6 nitrogen and oxygen atoms in total. The summed E-state index contributed by atoms with van der Waals surface area (Å²) in [7, 11) is 1.69. The second-order valence-corrected chi connectivity index (χ2v) is 6.00. The van der Waals surface area contributed by atoms with Crippen molar-refractivity contribution in [1.82, 2.24) is 10.2 Å². The maximum Gasteiger partial charge on any atom is 0.317 e. The molecule has 6 heteroatoms. The third-order valence-corrected chi connectivity index (χ3v) is 4.75. The van der Waals surface area contributed by atoms with Crippen LogP contribution in [0.1, 0.15) is 39.0 Å². The Morgan fingerprint density at radius 3 is 2.60 bits per heavy atom. The number of aliphatic carboxylic acids is 1. The lowest BCUT2D eigenvalue weighted by Gasteiger charge is -2.42. The van der Waals surface area contributed by atoms with Crippen LogP contribution in [0.3, 0.4) is 0 Å². The third kappa shape index (κ3) is 3.06. The molecule has 114 valence electrons. The number of methoxy groups -OCH3 is 1. The van der Waals surface area contributed by atoms with Gasteiger partial charge in [-0.1, -0.05) is 0 Å². The van der Waals surface area contributed by atoms with E-state index in [0.717, 1.165) is 19.3 Å². The molecule has 1 saturated carbocycles. The van der Waals surface area contributed by atoms with Crippen molar-refractivity contribution in [1.29, 1.82) is 0 Å². The SMILES string of the molecule is COC1(CNC(=O)N2CCC(C(=O)O)CC2C)CCC1. The van der Waals surface area contributed by atoms with Gasteiger partial charge in [0.05, 0.1) is 11.5 Å². The van der Waals surface area contributed by atoms with Crippen molar-refractivity contribution in [2.24, 2.45) is 5.92 Å². The summed E-state index contributed by atoms with van der Waals surface area (Å²) >= 11 is 0. The van der Waals surface area contributed by atoms with E-state index in [4.69, 9.17) is 9.84 Å². The summed E-state index contributed by atoms with van der Waals surface area (Å²) in [6.07, 6.45) is 4.17. The topological polar surface area (TPSA) is 78.9 Å². The standard InChI is InChI=1S/C14H24N2O4/c1-10-8-11(12(17)18)4-7-16(10)13(19)15-9-14(20-2)5-3-6-14/h10-11H,3-9H2,1-2H3,(H,15,19)(H,17,18). The van der Waals surface area contributed by atoms with E-state index < -0.39 is 5.97 Å². The van der Waals surface area contributed by atoms with Crippen molar-refractivity contribution in [2.45, 2.75) is 50.7 Å². The number of carboxylic acids is 1. The summed E-state index contributed by atoms with van der Waals surface area (Å²) in [5.74, 6) is -1.09. The van der Waals surface area contributed by atoms with Crippen molar-refractivity contribution < 1.29 is 19.4 Å². The number of urea groups is 1. The fourth-order valence-corrected chi connectivity index (χ4v) is 3.06. The number of nitrogens with one attached hydrogen (secondary N) is 1. The molecule has 2 rings (SSSR count). The maximum atomic E-state index is 12.2. The van der Waals surface area contributed by atoms with Crippen LogP contribution in [-0.2, 0) is 9.53 Å². The van der Waals surface area contributed by atoms with E-state index in [9.17, 15) is 9.59 Å². The first-order valence-electron chi connectivity index (χ1n) is 7.30. The average molecular weight is 284 g/mol. The van der Waals surface area contributed by atoms with Crippen LogP contribution in [0.15, 0.2) is 0 Å². The lowest BCUT2D eigenvalue weighted by molar-refractivity contribution is -0.143. The van der Waals surface area contributed by atoms with E-state index in [1.54, 1.807) is 12.0 Å². The molecule has 1 saturated heterocycles. The second-order valence-electron chi connectivity index (χ2n) is 6.00. The number of likely N-dealkylation sites (tertiary alicyclic amines) is 1. The Hall–Kier alpha value is -1.30. The molecular weight excluding hydrogens is 260 g/mol. The molecule has 20 heavy (non-hydrogen) atoms. The van der Waals surface area contributed by atoms with Crippen LogP contribution in [-0.4, -0.2) is 53.8 Å². The zero-order valence-corrected chi connectivity index (χ0v) is 12.2. The van der Waals surface area contributed by atoms with Gasteiger partial charge >= 0.3 is 12.0 Å². The van der Waals surface area contributed by atoms with Gasteiger partial charge in [-0.3, -0.25) is 4.79 Å². The number of carbonyl (C=O) groups is 2. The van der Waals surface area contributed by atoms with Crippen LogP contribution in [0, 0.1) is 5.92 Å². The molecule has 2 fully saturated rings. The Bertz CT molecular complexity index is 376. The molecule has 0 aromatic carbocycles. The zero-order chi connectivity index (χ0) is 14.8. The van der Waals surface area contributed by atoms with E-state index in [1.807, 2.05) is 6.92 Å². The molecule has 2 amide bonds. The van der Waals surface area contributed by atoms with Gasteiger partial charge in [0.15, 0.2) is 0 Å². The number of nitrogens with zero attached hydrogens (tertiary/aromatic N) is 1. The van der Waals surface area contributed by atoms with E-state index in [0.29, 0.717) is 25.9 Å². The molecule has 0 aromatic rings. The summed E-state index contributed by atoms with van der Waals surface area (Å²) in [6, 6.07) is -0.144. The van der Waals surface area contributed by atoms with Crippen molar-refractivity contribution in [3.05, 3.63) is 0 Å². The number of ether oxygens (including phenoxy) is 1. The monoisotopic (exact) mass is 284 g/mol. The number of carbonyl (C=O) groups excluding carboxylic acids is 1. The summed E-state index contributed by atoms with van der Waals surface area (Å²) in [6.45, 7) is 2.95. The molecule has 0 spiro atoms. The van der Waals surface area contributed by atoms with Crippen LogP contribution >= 0.6 is 0 Å². The predicted molar refractivity (Wildman–Crippen MR) is 73.5 cm³/mol. The molecule has 2 unspecified atom stereocenters. The van der Waals surface area contributed by atoms with Gasteiger partial charge in [-0.2, -0.15) is 0 Å². The van der Waals surface area contributed by atoms with Crippen LogP contribution in [0.4, 0.5) is 4.79 Å². The Balaban J connectivity index is 1.82. The Morgan fingerprint density at radius 2 is 2.15 bits per heavy atom. The van der Waals surface area contributed by atoms with Gasteiger partial charge in [-0.15, -0.1) is 0 Å². The molecule has 2 aliphatic rings. The van der Waals surface area contributed by atoms with Crippen LogP contribution in [0.2, 0.25) is 0 Å². The normalized spacial score (nSPS) is 28.6. The minimum Gasteiger partial charge on any atom is -0.481 e. The highest BCUT2D eigenvalue weighted by molar-refractivity contribution is 5.76. The molecular formula is C14H24N2O4. The maximum absolute atomic E-state index is 12.2. The number of piperidine rings is 1. The van der Waals surface area contributed by atoms with Crippen molar-refractivity contribution in [3.8, 4) is 0 Å². The van der Waals surface area contributed by atoms with Gasteiger partial charge in [-0.25, -0.2) is 4.79 Å². The third-order valence-electron chi connectivity index (χ3n) is 4.75. The Kier molecular flexibility index (Phi) is 4.52. The summed E-state index contributed by atoms with van der Waals surface area (Å²) in [4.78, 5) is 24.9. The van der Waals surface area contributed by atoms with E-state index in [-0.39, 0.29) is 23.6 Å². The van der Waals surface area contributed by atoms with Crippen LogP contribution in [0.25, 0.3) is 0 Å². The lowest BCUT2D eigenvalue weighted by atomic mass is 9.80. The highest BCUT2D eigenvalue weighted by Crippen LogP contribution is 2.34. The van der Waals surface area contributed by atoms with Gasteiger partial charge in [0.25, 0.3) is 0 Å². The van der Waals surface area contributed by atoms with Crippen LogP contribution < -0.4 is 5.32 Å².